The molecule has 0 aliphatic carbocycles. The van der Waals surface area contributed by atoms with E-state index in [0.717, 1.165) is 2.38 Å². The van der Waals surface area contributed by atoms with E-state index in [2.05, 4.69) is 0 Å². The molecular weight excluding hydrogens is 178 g/mol. The topological polar surface area (TPSA) is 37.4 Å². The fourth-order valence-electron chi connectivity index (χ4n) is 0.925. The van der Waals surface area contributed by atoms with Crippen LogP contribution in [0.4, 0.5) is 0 Å². The van der Waals surface area contributed by atoms with Crippen molar-refractivity contribution in [1.29, 1.82) is 0 Å². The molecule has 5 heteroatoms. The molecule has 3 nitrogen and oxygen atoms in total. The van der Waals surface area contributed by atoms with Gasteiger partial charge in [-0.15, -0.1) is 0 Å². The zero-order chi connectivity index (χ0) is 7.56. The second-order valence-corrected chi connectivity index (χ2v) is 5.79. The molecule has 0 radical (unpaired) electrons. The molecule has 0 aromatic rings. The molecule has 0 aromatic heterocycles. The van der Waals surface area contributed by atoms with Crippen molar-refractivity contribution in [2.24, 2.45) is 0 Å². The minimum atomic E-state index is -1.23. The Morgan fingerprint density at radius 2 is 2.60 bits per heavy atom. The molecule has 10 heavy (non-hydrogen) atoms. The summed E-state index contributed by atoms with van der Waals surface area (Å²) in [4.78, 5) is 21.1. The van der Waals surface area contributed by atoms with Gasteiger partial charge in [-0.3, -0.25) is 0 Å². The summed E-state index contributed by atoms with van der Waals surface area (Å²) in [6.45, 7) is 0. The summed E-state index contributed by atoms with van der Waals surface area (Å²) in [7, 11) is 1.88. The number of Topliss-reactive ketones (excluding diaryl/α,β-unsaturated/α-hetero) is 1. The standard InChI is InChI=1S/C4H6NOS.CHO.Ca/c1-5-2-4(6)3-7-5;1-2;/h2H,3H2,1H3;1H;. The van der Waals surface area contributed by atoms with Gasteiger partial charge in [-0.25, -0.2) is 0 Å². The van der Waals surface area contributed by atoms with Crippen molar-refractivity contribution >= 4 is 54.0 Å². The van der Waals surface area contributed by atoms with Crippen molar-refractivity contribution in [3.05, 3.63) is 0 Å². The van der Waals surface area contributed by atoms with Gasteiger partial charge in [0.15, 0.2) is 0 Å². The van der Waals surface area contributed by atoms with Crippen LogP contribution in [0.5, 0.6) is 0 Å². The van der Waals surface area contributed by atoms with Crippen LogP contribution >= 0.6 is 11.9 Å². The molecule has 1 rings (SSSR count). The average molecular weight is 185 g/mol. The molecule has 1 fully saturated rings. The molecule has 0 amide bonds. The SMILES string of the molecule is CN1SCC(=O)[CH]1[Ca][CH]=O. The maximum atomic E-state index is 11.0. The number of carbonyl (C=O) groups is 2. The van der Waals surface area contributed by atoms with Crippen LogP contribution in [-0.4, -0.2) is 61.2 Å². The van der Waals surface area contributed by atoms with Crippen LogP contribution in [0.15, 0.2) is 0 Å². The summed E-state index contributed by atoms with van der Waals surface area (Å²) < 4.78 is 2.93. The van der Waals surface area contributed by atoms with E-state index in [1.165, 1.54) is 11.9 Å². The number of likely N-dealkylation sites (N-methyl/N-ethyl adjacent to an activating group) is 1. The van der Waals surface area contributed by atoms with Gasteiger partial charge in [0.2, 0.25) is 0 Å². The molecular formula is C5H7CaNO2S. The molecule has 0 N–H and O–H groups in total. The van der Waals surface area contributed by atoms with Crippen LogP contribution in [0.25, 0.3) is 0 Å². The van der Waals surface area contributed by atoms with Crippen molar-refractivity contribution in [2.45, 2.75) is 2.14 Å². The minimum absolute atomic E-state index is 0.0231. The summed E-state index contributed by atoms with van der Waals surface area (Å²) in [5, 5.41) is 0. The second-order valence-electron chi connectivity index (χ2n) is 2.20. The predicted molar refractivity (Wildman–Crippen MR) is 41.5 cm³/mol. The van der Waals surface area contributed by atoms with Crippen LogP contribution in [0.1, 0.15) is 0 Å². The van der Waals surface area contributed by atoms with Gasteiger partial charge >= 0.3 is 82.8 Å². The van der Waals surface area contributed by atoms with E-state index in [1.807, 2.05) is 11.4 Å². The summed E-state index contributed by atoms with van der Waals surface area (Å²) in [6, 6.07) is 0. The van der Waals surface area contributed by atoms with E-state index in [-0.39, 0.29) is 7.92 Å². The van der Waals surface area contributed by atoms with Crippen LogP contribution in [-0.2, 0) is 9.59 Å². The van der Waals surface area contributed by atoms with Crippen LogP contribution < -0.4 is 0 Å². The van der Waals surface area contributed by atoms with E-state index in [4.69, 9.17) is 0 Å². The molecule has 1 unspecified atom stereocenters. The molecule has 1 atom stereocenters. The average Bonchev–Trinajstić information content (AvgIpc) is 2.20. The first-order chi connectivity index (χ1) is 4.75. The Kier molecular flexibility index (Phi) is 3.66. The fourth-order valence-corrected chi connectivity index (χ4v) is 4.31. The summed E-state index contributed by atoms with van der Waals surface area (Å²) in [5.41, 5.74) is 0. The van der Waals surface area contributed by atoms with Crippen LogP contribution in [0.2, 0.25) is 0 Å². The van der Waals surface area contributed by atoms with Crippen molar-refractivity contribution in [3.63, 3.8) is 0 Å². The van der Waals surface area contributed by atoms with E-state index >= 15 is 0 Å². The third-order valence-electron chi connectivity index (χ3n) is 1.54. The molecule has 0 saturated carbocycles. The van der Waals surface area contributed by atoms with Crippen molar-refractivity contribution < 1.29 is 9.59 Å². The summed E-state index contributed by atoms with van der Waals surface area (Å²) in [5.74, 6) is 0.819. The quantitative estimate of drug-likeness (QED) is 0.326. The Morgan fingerprint density at radius 3 is 3.00 bits per heavy atom. The van der Waals surface area contributed by atoms with Gasteiger partial charge in [-0.1, -0.05) is 0 Å². The van der Waals surface area contributed by atoms with E-state index in [0.29, 0.717) is 5.75 Å². The Bertz CT molecular complexity index is 164. The maximum absolute atomic E-state index is 11.0. The van der Waals surface area contributed by atoms with Crippen LogP contribution in [0.3, 0.4) is 0 Å². The van der Waals surface area contributed by atoms with Gasteiger partial charge in [-0.2, -0.15) is 0 Å². The first-order valence-corrected chi connectivity index (χ1v) is 6.57. The normalized spacial score (nSPS) is 26.5. The molecule has 1 aliphatic heterocycles. The van der Waals surface area contributed by atoms with E-state index < -0.39 is 33.8 Å². The number of hydrogen-bond acceptors (Lipinski definition) is 4. The van der Waals surface area contributed by atoms with Crippen LogP contribution in [0, 0.1) is 0 Å². The molecule has 1 saturated heterocycles. The third-order valence-corrected chi connectivity index (χ3v) is 5.59. The van der Waals surface area contributed by atoms with Crippen molar-refractivity contribution in [2.75, 3.05) is 12.8 Å². The van der Waals surface area contributed by atoms with Gasteiger partial charge in [-0.05, 0) is 0 Å². The molecule has 0 aromatic carbocycles. The number of hydrogen-bond donors (Lipinski definition) is 0. The van der Waals surface area contributed by atoms with E-state index in [1.54, 1.807) is 0 Å². The van der Waals surface area contributed by atoms with Gasteiger partial charge in [0, 0.05) is 0 Å². The monoisotopic (exact) mass is 185 g/mol. The van der Waals surface area contributed by atoms with E-state index in [9.17, 15) is 9.59 Å². The Labute approximate surface area is 81.9 Å². The zero-order valence-electron chi connectivity index (χ0n) is 5.74. The van der Waals surface area contributed by atoms with Gasteiger partial charge in [0.05, 0.1) is 0 Å². The Morgan fingerprint density at radius 1 is 1.90 bits per heavy atom. The number of carbonyl (C=O) groups excluding carboxylic acids is 2. The molecule has 1 heterocycles. The Balaban J connectivity index is 2.53. The van der Waals surface area contributed by atoms with Crippen molar-refractivity contribution in [1.82, 2.24) is 4.31 Å². The first kappa shape index (κ1) is 9.00. The number of nitrogens with zero attached hydrogens (tertiary/aromatic N) is 1. The number of rotatable bonds is 2. The molecule has 0 bridgehead atoms. The Hall–Kier alpha value is 0.910. The fraction of sp³-hybridized carbons (Fsp3) is 0.600. The van der Waals surface area contributed by atoms with Gasteiger partial charge in [0.1, 0.15) is 0 Å². The van der Waals surface area contributed by atoms with Gasteiger partial charge in [0.25, 0.3) is 0 Å². The zero-order valence-corrected chi connectivity index (χ0v) is 8.77. The van der Waals surface area contributed by atoms with Crippen molar-refractivity contribution in [3.8, 4) is 0 Å². The molecule has 1 aliphatic rings. The summed E-state index contributed by atoms with van der Waals surface area (Å²) in [6.07, 6.45) is 0. The second kappa shape index (κ2) is 4.07. The summed E-state index contributed by atoms with van der Waals surface area (Å²) >= 11 is 0.298. The first-order valence-electron chi connectivity index (χ1n) is 3.08. The number of ketones is 1. The predicted octanol–water partition coefficient (Wildman–Crippen LogP) is -0.630. The molecule has 0 spiro atoms. The van der Waals surface area contributed by atoms with Gasteiger partial charge < -0.3 is 0 Å². The molecule has 52 valence electrons. The third kappa shape index (κ3) is 1.95.